The Hall–Kier alpha value is -3.62. The van der Waals surface area contributed by atoms with Crippen molar-refractivity contribution in [3.05, 3.63) is 94.6 Å². The maximum atomic E-state index is 12.8. The molecule has 0 spiro atoms. The van der Waals surface area contributed by atoms with Gasteiger partial charge >= 0.3 is 0 Å². The maximum absolute atomic E-state index is 12.8. The molecule has 1 aromatic heterocycles. The smallest absolute Gasteiger partial charge is 0.262 e. The van der Waals surface area contributed by atoms with Crippen LogP contribution in [0.4, 0.5) is 28.8 Å². The number of anilines is 5. The zero-order chi connectivity index (χ0) is 24.3. The third kappa shape index (κ3) is 5.84. The summed E-state index contributed by atoms with van der Waals surface area (Å²) in [7, 11) is -3.77. The topological polar surface area (TPSA) is 96.0 Å². The van der Waals surface area contributed by atoms with E-state index >= 15 is 0 Å². The first kappa shape index (κ1) is 23.5. The van der Waals surface area contributed by atoms with Crippen LogP contribution in [0.5, 0.6) is 0 Å². The Labute approximate surface area is 204 Å². The molecule has 4 aromatic rings. The van der Waals surface area contributed by atoms with Gasteiger partial charge in [0, 0.05) is 33.8 Å². The lowest BCUT2D eigenvalue weighted by Crippen LogP contribution is -2.14. The molecule has 0 aliphatic rings. The Morgan fingerprint density at radius 3 is 2.06 bits per heavy atom. The molecule has 0 radical (unpaired) electrons. The summed E-state index contributed by atoms with van der Waals surface area (Å²) in [6.45, 7) is 5.65. The van der Waals surface area contributed by atoms with Crippen molar-refractivity contribution in [2.24, 2.45) is 0 Å². The number of rotatable bonds is 7. The van der Waals surface area contributed by atoms with E-state index in [1.165, 1.54) is 11.6 Å². The van der Waals surface area contributed by atoms with Crippen molar-refractivity contribution in [3.63, 3.8) is 0 Å². The van der Waals surface area contributed by atoms with Crippen LogP contribution < -0.4 is 15.4 Å². The first-order valence-electron chi connectivity index (χ1n) is 10.5. The van der Waals surface area contributed by atoms with Gasteiger partial charge in [0.25, 0.3) is 10.0 Å². The Balaban J connectivity index is 1.48. The normalized spacial score (nSPS) is 11.2. The lowest BCUT2D eigenvalue weighted by Gasteiger charge is -2.12. The van der Waals surface area contributed by atoms with Gasteiger partial charge in [-0.25, -0.2) is 13.4 Å². The van der Waals surface area contributed by atoms with E-state index in [9.17, 15) is 8.42 Å². The minimum absolute atomic E-state index is 0.143. The molecule has 0 amide bonds. The molecule has 0 fully saturated rings. The Morgan fingerprint density at radius 1 is 0.735 bits per heavy atom. The van der Waals surface area contributed by atoms with Crippen LogP contribution in [-0.4, -0.2) is 18.4 Å². The summed E-state index contributed by atoms with van der Waals surface area (Å²) in [6, 6.07) is 21.5. The quantitative estimate of drug-likeness (QED) is 0.278. The van der Waals surface area contributed by atoms with E-state index < -0.39 is 10.0 Å². The summed E-state index contributed by atoms with van der Waals surface area (Å²) in [5, 5.41) is 6.80. The first-order chi connectivity index (χ1) is 16.2. The molecule has 1 heterocycles. The highest BCUT2D eigenvalue weighted by atomic mass is 35.5. The zero-order valence-electron chi connectivity index (χ0n) is 18.9. The number of nitrogens with zero attached hydrogens (tertiary/aromatic N) is 2. The predicted molar refractivity (Wildman–Crippen MR) is 138 cm³/mol. The second-order valence-electron chi connectivity index (χ2n) is 7.93. The molecule has 0 aliphatic carbocycles. The van der Waals surface area contributed by atoms with Crippen molar-refractivity contribution in [3.8, 4) is 0 Å². The van der Waals surface area contributed by atoms with Crippen molar-refractivity contribution < 1.29 is 8.42 Å². The van der Waals surface area contributed by atoms with Gasteiger partial charge in [0.05, 0.1) is 4.90 Å². The highest BCUT2D eigenvalue weighted by Gasteiger charge is 2.17. The van der Waals surface area contributed by atoms with E-state index in [1.54, 1.807) is 43.3 Å². The molecule has 7 nitrogen and oxygen atoms in total. The van der Waals surface area contributed by atoms with Crippen LogP contribution in [0.2, 0.25) is 5.02 Å². The maximum Gasteiger partial charge on any atom is 0.262 e. The molecule has 34 heavy (non-hydrogen) atoms. The van der Waals surface area contributed by atoms with Crippen LogP contribution in [0.1, 0.15) is 16.8 Å². The summed E-state index contributed by atoms with van der Waals surface area (Å²) in [5.41, 5.74) is 4.67. The second-order valence-corrected chi connectivity index (χ2v) is 10.0. The van der Waals surface area contributed by atoms with Crippen molar-refractivity contribution in [1.29, 1.82) is 0 Å². The van der Waals surface area contributed by atoms with Gasteiger partial charge in [-0.1, -0.05) is 35.4 Å². The zero-order valence-corrected chi connectivity index (χ0v) is 20.5. The summed E-state index contributed by atoms with van der Waals surface area (Å²) < 4.78 is 28.2. The standard InChI is InChI=1S/C25H24ClN5O2S/c1-16-4-8-20(9-5-16)28-24-14-18(3)27-25(30-24)29-21-10-12-22(13-11-21)31-34(32,33)23-15-19(26)7-6-17(23)2/h4-15,31H,1-3H3,(H2,27,28,29,30). The SMILES string of the molecule is Cc1ccc(Nc2cc(C)nc(Nc3ccc(NS(=O)(=O)c4cc(Cl)ccc4C)cc3)n2)cc1. The Morgan fingerprint density at radius 2 is 1.35 bits per heavy atom. The van der Waals surface area contributed by atoms with Crippen LogP contribution in [-0.2, 0) is 10.0 Å². The molecular formula is C25H24ClN5O2S. The van der Waals surface area contributed by atoms with Crippen molar-refractivity contribution in [2.75, 3.05) is 15.4 Å². The van der Waals surface area contributed by atoms with Crippen molar-refractivity contribution in [2.45, 2.75) is 25.7 Å². The van der Waals surface area contributed by atoms with E-state index in [1.807, 2.05) is 44.2 Å². The van der Waals surface area contributed by atoms with Crippen LogP contribution in [0.25, 0.3) is 0 Å². The van der Waals surface area contributed by atoms with Crippen LogP contribution in [0, 0.1) is 20.8 Å². The molecular weight excluding hydrogens is 470 g/mol. The van der Waals surface area contributed by atoms with E-state index in [0.29, 0.717) is 33.7 Å². The van der Waals surface area contributed by atoms with Gasteiger partial charge < -0.3 is 10.6 Å². The largest absolute Gasteiger partial charge is 0.340 e. The summed E-state index contributed by atoms with van der Waals surface area (Å²) in [5.74, 6) is 1.10. The molecule has 3 N–H and O–H groups in total. The van der Waals surface area contributed by atoms with Crippen LogP contribution >= 0.6 is 11.6 Å². The molecule has 4 rings (SSSR count). The summed E-state index contributed by atoms with van der Waals surface area (Å²) in [4.78, 5) is 9.11. The summed E-state index contributed by atoms with van der Waals surface area (Å²) >= 11 is 5.98. The van der Waals surface area contributed by atoms with Crippen LogP contribution in [0.15, 0.2) is 77.7 Å². The molecule has 174 valence electrons. The fourth-order valence-corrected chi connectivity index (χ4v) is 4.86. The Kier molecular flexibility index (Phi) is 6.72. The second kappa shape index (κ2) is 9.70. The van der Waals surface area contributed by atoms with Crippen molar-refractivity contribution >= 4 is 50.5 Å². The minimum atomic E-state index is -3.77. The molecule has 0 unspecified atom stereocenters. The fourth-order valence-electron chi connectivity index (χ4n) is 3.30. The Bertz CT molecular complexity index is 1420. The average molecular weight is 494 g/mol. The molecule has 0 bridgehead atoms. The number of sulfonamides is 1. The lowest BCUT2D eigenvalue weighted by molar-refractivity contribution is 0.600. The van der Waals surface area contributed by atoms with Gasteiger partial charge in [-0.15, -0.1) is 0 Å². The minimum Gasteiger partial charge on any atom is -0.340 e. The number of aromatic nitrogens is 2. The van der Waals surface area contributed by atoms with Crippen molar-refractivity contribution in [1.82, 2.24) is 9.97 Å². The fraction of sp³-hybridized carbons (Fsp3) is 0.120. The van der Waals surface area contributed by atoms with E-state index in [2.05, 4.69) is 25.3 Å². The van der Waals surface area contributed by atoms with Crippen LogP contribution in [0.3, 0.4) is 0 Å². The molecule has 3 aromatic carbocycles. The van der Waals surface area contributed by atoms with E-state index in [-0.39, 0.29) is 4.90 Å². The third-order valence-corrected chi connectivity index (χ3v) is 6.77. The average Bonchev–Trinajstić information content (AvgIpc) is 2.78. The van der Waals surface area contributed by atoms with Gasteiger partial charge in [0.15, 0.2) is 0 Å². The van der Waals surface area contributed by atoms with E-state index in [0.717, 1.165) is 11.4 Å². The highest BCUT2D eigenvalue weighted by molar-refractivity contribution is 7.92. The van der Waals surface area contributed by atoms with Gasteiger partial charge in [-0.05, 0) is 74.9 Å². The number of nitrogens with one attached hydrogen (secondary N) is 3. The molecule has 0 saturated heterocycles. The van der Waals surface area contributed by atoms with Gasteiger partial charge in [0.1, 0.15) is 5.82 Å². The number of halogens is 1. The monoisotopic (exact) mass is 493 g/mol. The highest BCUT2D eigenvalue weighted by Crippen LogP contribution is 2.25. The molecule has 0 saturated carbocycles. The number of hydrogen-bond donors (Lipinski definition) is 3. The van der Waals surface area contributed by atoms with Gasteiger partial charge in [-0.3, -0.25) is 4.72 Å². The number of aryl methyl sites for hydroxylation is 3. The predicted octanol–water partition coefficient (Wildman–Crippen LogP) is 6.34. The third-order valence-electron chi connectivity index (χ3n) is 5.01. The molecule has 0 atom stereocenters. The first-order valence-corrected chi connectivity index (χ1v) is 12.4. The van der Waals surface area contributed by atoms with E-state index in [4.69, 9.17) is 11.6 Å². The number of hydrogen-bond acceptors (Lipinski definition) is 6. The van der Waals surface area contributed by atoms with Gasteiger partial charge in [-0.2, -0.15) is 4.98 Å². The van der Waals surface area contributed by atoms with Gasteiger partial charge in [0.2, 0.25) is 5.95 Å². The summed E-state index contributed by atoms with van der Waals surface area (Å²) in [6.07, 6.45) is 0. The lowest BCUT2D eigenvalue weighted by atomic mass is 10.2. The molecule has 9 heteroatoms. The molecule has 0 aliphatic heterocycles. The number of benzene rings is 3.